The Labute approximate surface area is 241 Å². The summed E-state index contributed by atoms with van der Waals surface area (Å²) in [5.74, 6) is -1.81. The molecule has 1 saturated heterocycles. The van der Waals surface area contributed by atoms with Gasteiger partial charge in [0.25, 0.3) is 11.7 Å². The van der Waals surface area contributed by atoms with Crippen molar-refractivity contribution in [2.75, 3.05) is 7.11 Å². The van der Waals surface area contributed by atoms with Gasteiger partial charge in [0.15, 0.2) is 0 Å². The van der Waals surface area contributed by atoms with Crippen LogP contribution >= 0.6 is 0 Å². The average molecular weight is 556 g/mol. The summed E-state index contributed by atoms with van der Waals surface area (Å²) in [4.78, 5) is 40.9. The Morgan fingerprint density at radius 1 is 1.00 bits per heavy atom. The molecule has 214 valence electrons. The van der Waals surface area contributed by atoms with Crippen LogP contribution in [-0.4, -0.2) is 40.9 Å². The van der Waals surface area contributed by atoms with E-state index in [0.717, 1.165) is 16.7 Å². The number of amides is 1. The van der Waals surface area contributed by atoms with E-state index < -0.39 is 23.7 Å². The lowest BCUT2D eigenvalue weighted by Gasteiger charge is -2.26. The van der Waals surface area contributed by atoms with Gasteiger partial charge in [-0.3, -0.25) is 9.59 Å². The Balaban J connectivity index is 1.83. The van der Waals surface area contributed by atoms with Crippen LogP contribution in [0.2, 0.25) is 0 Å². The number of methoxy groups -OCH3 is 1. The maximum absolute atomic E-state index is 13.6. The Bertz CT molecular complexity index is 1510. The van der Waals surface area contributed by atoms with Crippen LogP contribution in [0.25, 0.3) is 5.76 Å². The molecule has 1 amide bonds. The Hall–Kier alpha value is -4.39. The topological polar surface area (TPSA) is 93.1 Å². The van der Waals surface area contributed by atoms with E-state index in [1.807, 2.05) is 43.3 Å². The quantitative estimate of drug-likeness (QED) is 0.155. The fraction of sp³-hybridized carbons (Fsp3) is 0.324. The minimum atomic E-state index is -0.830. The van der Waals surface area contributed by atoms with Gasteiger partial charge in [0.2, 0.25) is 0 Å². The molecule has 1 unspecified atom stereocenters. The maximum atomic E-state index is 13.6. The third kappa shape index (κ3) is 6.19. The molecule has 0 spiro atoms. The Morgan fingerprint density at radius 2 is 1.68 bits per heavy atom. The van der Waals surface area contributed by atoms with Gasteiger partial charge in [-0.15, -0.1) is 0 Å². The van der Waals surface area contributed by atoms with Crippen LogP contribution in [0.5, 0.6) is 5.75 Å². The zero-order chi connectivity index (χ0) is 30.1. The van der Waals surface area contributed by atoms with Crippen molar-refractivity contribution in [3.05, 3.63) is 106 Å². The van der Waals surface area contributed by atoms with Crippen molar-refractivity contribution in [3.8, 4) is 5.75 Å². The highest BCUT2D eigenvalue weighted by atomic mass is 16.5. The molecule has 0 aromatic heterocycles. The fourth-order valence-electron chi connectivity index (χ4n) is 4.96. The number of carbonyl (C=O) groups excluding carboxylic acids is 3. The molecule has 3 aromatic carbocycles. The van der Waals surface area contributed by atoms with Crippen molar-refractivity contribution in [2.24, 2.45) is 0 Å². The standard InChI is InChI=1S/C34H37NO6/c1-20(2)41-33(39)23-13-11-22(12-14-23)19-35-29(24-10-8-9-21(3)17-24)28(31(37)32(35)38)30(36)26-18-25(34(4,5)6)15-16-27(26)40-7/h8-18,20,29,36H,19H2,1-7H3/b30-28+. The molecular weight excluding hydrogens is 518 g/mol. The number of aryl methyl sites for hydroxylation is 1. The van der Waals surface area contributed by atoms with Gasteiger partial charge in [-0.2, -0.15) is 0 Å². The number of aliphatic hydroxyl groups is 1. The lowest BCUT2D eigenvalue weighted by Crippen LogP contribution is -2.29. The Morgan fingerprint density at radius 3 is 2.27 bits per heavy atom. The molecule has 0 radical (unpaired) electrons. The normalized spacial score (nSPS) is 16.8. The van der Waals surface area contributed by atoms with Crippen molar-refractivity contribution in [1.82, 2.24) is 4.90 Å². The predicted molar refractivity (Wildman–Crippen MR) is 158 cm³/mol. The van der Waals surface area contributed by atoms with Gasteiger partial charge in [-0.25, -0.2) is 4.79 Å². The monoisotopic (exact) mass is 555 g/mol. The molecule has 1 heterocycles. The second-order valence-corrected chi connectivity index (χ2v) is 11.7. The van der Waals surface area contributed by atoms with Crippen molar-refractivity contribution < 1.29 is 29.0 Å². The molecule has 1 fully saturated rings. The third-order valence-corrected chi connectivity index (χ3v) is 7.10. The van der Waals surface area contributed by atoms with Crippen LogP contribution in [0.3, 0.4) is 0 Å². The van der Waals surface area contributed by atoms with Crippen LogP contribution < -0.4 is 4.74 Å². The van der Waals surface area contributed by atoms with E-state index in [1.54, 1.807) is 44.2 Å². The van der Waals surface area contributed by atoms with E-state index in [4.69, 9.17) is 9.47 Å². The number of carbonyl (C=O) groups is 3. The molecule has 1 N–H and O–H groups in total. The van der Waals surface area contributed by atoms with E-state index in [1.165, 1.54) is 12.0 Å². The number of aliphatic hydroxyl groups excluding tert-OH is 1. The molecule has 1 atom stereocenters. The number of hydrogen-bond donors (Lipinski definition) is 1. The summed E-state index contributed by atoms with van der Waals surface area (Å²) >= 11 is 0. The van der Waals surface area contributed by atoms with Crippen molar-refractivity contribution in [2.45, 2.75) is 65.6 Å². The van der Waals surface area contributed by atoms with Crippen LogP contribution in [0.4, 0.5) is 0 Å². The molecule has 1 aliphatic rings. The summed E-state index contributed by atoms with van der Waals surface area (Å²) in [6.45, 7) is 11.7. The fourth-order valence-corrected chi connectivity index (χ4v) is 4.96. The minimum absolute atomic E-state index is 0.00194. The van der Waals surface area contributed by atoms with Crippen LogP contribution in [0.1, 0.15) is 78.8 Å². The van der Waals surface area contributed by atoms with E-state index in [-0.39, 0.29) is 29.4 Å². The Kier molecular flexibility index (Phi) is 8.38. The molecule has 0 saturated carbocycles. The summed E-state index contributed by atoms with van der Waals surface area (Å²) < 4.78 is 10.8. The van der Waals surface area contributed by atoms with E-state index in [9.17, 15) is 19.5 Å². The molecule has 0 aliphatic carbocycles. The van der Waals surface area contributed by atoms with Crippen LogP contribution in [0, 0.1) is 6.92 Å². The van der Waals surface area contributed by atoms with Gasteiger partial charge in [-0.1, -0.05) is 68.8 Å². The van der Waals surface area contributed by atoms with Gasteiger partial charge in [0.1, 0.15) is 11.5 Å². The molecule has 0 bridgehead atoms. The smallest absolute Gasteiger partial charge is 0.338 e. The van der Waals surface area contributed by atoms with Gasteiger partial charge >= 0.3 is 5.97 Å². The second kappa shape index (κ2) is 11.6. The summed E-state index contributed by atoms with van der Waals surface area (Å²) in [5, 5.41) is 11.7. The number of ketones is 1. The van der Waals surface area contributed by atoms with Gasteiger partial charge < -0.3 is 19.5 Å². The van der Waals surface area contributed by atoms with Crippen molar-refractivity contribution in [3.63, 3.8) is 0 Å². The molecule has 1 aliphatic heterocycles. The predicted octanol–water partition coefficient (Wildman–Crippen LogP) is 6.49. The highest BCUT2D eigenvalue weighted by Crippen LogP contribution is 2.42. The van der Waals surface area contributed by atoms with Crippen LogP contribution in [-0.2, 0) is 26.3 Å². The first kappa shape index (κ1) is 29.6. The number of rotatable bonds is 7. The van der Waals surface area contributed by atoms with Crippen molar-refractivity contribution in [1.29, 1.82) is 0 Å². The number of Topliss-reactive ketones (excluding diaryl/α,β-unsaturated/α-hetero) is 1. The number of likely N-dealkylation sites (tertiary alicyclic amines) is 1. The largest absolute Gasteiger partial charge is 0.507 e. The lowest BCUT2D eigenvalue weighted by molar-refractivity contribution is -0.140. The first-order valence-electron chi connectivity index (χ1n) is 13.7. The summed E-state index contributed by atoms with van der Waals surface area (Å²) in [6, 6.07) is 19.0. The average Bonchev–Trinajstić information content (AvgIpc) is 3.16. The number of nitrogens with zero attached hydrogens (tertiary/aromatic N) is 1. The van der Waals surface area contributed by atoms with Crippen LogP contribution in [0.15, 0.2) is 72.3 Å². The number of benzene rings is 3. The molecule has 7 heteroatoms. The van der Waals surface area contributed by atoms with Crippen molar-refractivity contribution >= 4 is 23.4 Å². The summed E-state index contributed by atoms with van der Waals surface area (Å²) in [5.41, 5.74) is 3.84. The molecule has 7 nitrogen and oxygen atoms in total. The second-order valence-electron chi connectivity index (χ2n) is 11.7. The van der Waals surface area contributed by atoms with Gasteiger partial charge in [0.05, 0.1) is 36.0 Å². The zero-order valence-electron chi connectivity index (χ0n) is 24.6. The molecule has 3 aromatic rings. The number of esters is 1. The van der Waals surface area contributed by atoms with E-state index >= 15 is 0 Å². The summed E-state index contributed by atoms with van der Waals surface area (Å²) in [7, 11) is 1.50. The molecule has 4 rings (SSSR count). The van der Waals surface area contributed by atoms with Gasteiger partial charge in [0, 0.05) is 6.54 Å². The molecule has 41 heavy (non-hydrogen) atoms. The number of hydrogen-bond acceptors (Lipinski definition) is 6. The first-order chi connectivity index (χ1) is 19.3. The zero-order valence-corrected chi connectivity index (χ0v) is 24.6. The highest BCUT2D eigenvalue weighted by molar-refractivity contribution is 6.46. The lowest BCUT2D eigenvalue weighted by atomic mass is 9.85. The molecular formula is C34H37NO6. The first-order valence-corrected chi connectivity index (χ1v) is 13.7. The van der Waals surface area contributed by atoms with E-state index in [2.05, 4.69) is 20.8 Å². The number of ether oxygens (including phenoxy) is 2. The minimum Gasteiger partial charge on any atom is -0.507 e. The highest BCUT2D eigenvalue weighted by Gasteiger charge is 2.46. The SMILES string of the molecule is COc1ccc(C(C)(C)C)cc1/C(O)=C1\C(=O)C(=O)N(Cc2ccc(C(=O)OC(C)C)cc2)C1c1cccc(C)c1. The van der Waals surface area contributed by atoms with Gasteiger partial charge in [-0.05, 0) is 67.1 Å². The third-order valence-electron chi connectivity index (χ3n) is 7.10. The summed E-state index contributed by atoms with van der Waals surface area (Å²) in [6.07, 6.45) is -0.244. The maximum Gasteiger partial charge on any atom is 0.338 e. The van der Waals surface area contributed by atoms with E-state index in [0.29, 0.717) is 22.4 Å².